The summed E-state index contributed by atoms with van der Waals surface area (Å²) in [6, 6.07) is 17.8. The molecule has 0 atom stereocenters. The molecule has 1 aromatic heterocycles. The highest BCUT2D eigenvalue weighted by molar-refractivity contribution is 6.39. The van der Waals surface area contributed by atoms with Crippen molar-refractivity contribution in [1.82, 2.24) is 15.3 Å². The van der Waals surface area contributed by atoms with E-state index >= 15 is 0 Å². The second-order valence-electron chi connectivity index (χ2n) is 5.67. The van der Waals surface area contributed by atoms with Gasteiger partial charge in [-0.2, -0.15) is 0 Å². The third-order valence-electron chi connectivity index (χ3n) is 3.81. The van der Waals surface area contributed by atoms with Gasteiger partial charge < -0.3 is 15.6 Å². The van der Waals surface area contributed by atoms with Gasteiger partial charge in [-0.1, -0.05) is 60.7 Å². The number of hydrogen-bond acceptors (Lipinski definition) is 4. The van der Waals surface area contributed by atoms with Crippen molar-refractivity contribution in [3.05, 3.63) is 98.8 Å². The SMILES string of the molecule is O=C(Nc1c[nH]c(=O)[nH]c1=O)C(=O)NC(c1ccccc1)c1ccccc1. The predicted octanol–water partition coefficient (Wildman–Crippen LogP) is 0.908. The van der Waals surface area contributed by atoms with Gasteiger partial charge in [0.15, 0.2) is 0 Å². The highest BCUT2D eigenvalue weighted by Gasteiger charge is 2.22. The lowest BCUT2D eigenvalue weighted by Crippen LogP contribution is -2.39. The van der Waals surface area contributed by atoms with E-state index in [2.05, 4.69) is 15.6 Å². The molecular weight excluding hydrogens is 348 g/mol. The molecule has 2 aromatic carbocycles. The van der Waals surface area contributed by atoms with Gasteiger partial charge in [-0.3, -0.25) is 19.4 Å². The molecule has 0 unspecified atom stereocenters. The van der Waals surface area contributed by atoms with Crippen LogP contribution >= 0.6 is 0 Å². The van der Waals surface area contributed by atoms with Crippen LogP contribution in [0.15, 0.2) is 76.4 Å². The largest absolute Gasteiger partial charge is 0.337 e. The van der Waals surface area contributed by atoms with E-state index < -0.39 is 29.1 Å². The fraction of sp³-hybridized carbons (Fsp3) is 0.0526. The lowest BCUT2D eigenvalue weighted by molar-refractivity contribution is -0.136. The molecule has 0 aliphatic carbocycles. The van der Waals surface area contributed by atoms with E-state index in [1.165, 1.54) is 0 Å². The molecule has 4 N–H and O–H groups in total. The van der Waals surface area contributed by atoms with E-state index in [4.69, 9.17) is 0 Å². The normalized spacial score (nSPS) is 10.4. The van der Waals surface area contributed by atoms with Gasteiger partial charge in [0.2, 0.25) is 0 Å². The van der Waals surface area contributed by atoms with Crippen LogP contribution in [0.4, 0.5) is 5.69 Å². The number of amides is 2. The summed E-state index contributed by atoms with van der Waals surface area (Å²) in [5.74, 6) is -1.94. The Balaban J connectivity index is 1.81. The van der Waals surface area contributed by atoms with Crippen molar-refractivity contribution in [2.45, 2.75) is 6.04 Å². The van der Waals surface area contributed by atoms with Gasteiger partial charge in [-0.05, 0) is 11.1 Å². The standard InChI is InChI=1S/C19H16N4O4/c24-16-14(11-20-19(27)23-16)21-17(25)18(26)22-15(12-7-3-1-4-8-12)13-9-5-2-6-10-13/h1-11,15H,(H,21,25)(H,22,26)(H2,20,23,24,27). The summed E-state index contributed by atoms with van der Waals surface area (Å²) in [5, 5.41) is 4.85. The molecule has 1 heterocycles. The summed E-state index contributed by atoms with van der Waals surface area (Å²) >= 11 is 0. The molecule has 27 heavy (non-hydrogen) atoms. The minimum atomic E-state index is -1.02. The Morgan fingerprint density at radius 1 is 0.815 bits per heavy atom. The molecule has 0 aliphatic rings. The number of H-pyrrole nitrogens is 2. The second-order valence-corrected chi connectivity index (χ2v) is 5.67. The number of nitrogens with one attached hydrogen (secondary N) is 4. The van der Waals surface area contributed by atoms with Crippen molar-refractivity contribution in [3.8, 4) is 0 Å². The summed E-state index contributed by atoms with van der Waals surface area (Å²) in [4.78, 5) is 51.4. The topological polar surface area (TPSA) is 124 Å². The fourth-order valence-electron chi connectivity index (χ4n) is 2.53. The number of aromatic amines is 2. The molecule has 8 heteroatoms. The van der Waals surface area contributed by atoms with Gasteiger partial charge in [-0.15, -0.1) is 0 Å². The number of carbonyl (C=O) groups excluding carboxylic acids is 2. The van der Waals surface area contributed by atoms with Gasteiger partial charge in [0.25, 0.3) is 5.56 Å². The zero-order valence-electron chi connectivity index (χ0n) is 14.1. The minimum Gasteiger partial charge on any atom is -0.337 e. The van der Waals surface area contributed by atoms with Gasteiger partial charge in [-0.25, -0.2) is 4.79 Å². The first-order valence-corrected chi connectivity index (χ1v) is 8.08. The average molecular weight is 364 g/mol. The number of hydrogen-bond donors (Lipinski definition) is 4. The average Bonchev–Trinajstić information content (AvgIpc) is 2.69. The molecule has 2 amide bonds. The van der Waals surface area contributed by atoms with Gasteiger partial charge >= 0.3 is 17.5 Å². The fourth-order valence-corrected chi connectivity index (χ4v) is 2.53. The Bertz CT molecular complexity index is 1020. The molecule has 0 radical (unpaired) electrons. The quantitative estimate of drug-likeness (QED) is 0.514. The number of benzene rings is 2. The molecule has 0 saturated carbocycles. The number of anilines is 1. The van der Waals surface area contributed by atoms with Crippen LogP contribution in [0.25, 0.3) is 0 Å². The van der Waals surface area contributed by atoms with Crippen molar-refractivity contribution < 1.29 is 9.59 Å². The number of aromatic nitrogens is 2. The Kier molecular flexibility index (Phi) is 5.27. The third kappa shape index (κ3) is 4.37. The summed E-state index contributed by atoms with van der Waals surface area (Å²) in [6.07, 6.45) is 1.03. The molecule has 0 fully saturated rings. The van der Waals surface area contributed by atoms with Crippen LogP contribution in [0.1, 0.15) is 17.2 Å². The van der Waals surface area contributed by atoms with Crippen molar-refractivity contribution in [2.24, 2.45) is 0 Å². The van der Waals surface area contributed by atoms with E-state index in [0.29, 0.717) is 0 Å². The summed E-state index contributed by atoms with van der Waals surface area (Å²) in [7, 11) is 0. The summed E-state index contributed by atoms with van der Waals surface area (Å²) in [5.41, 5.74) is -0.151. The maximum atomic E-state index is 12.4. The molecular formula is C19H16N4O4. The van der Waals surface area contributed by atoms with Crippen LogP contribution in [0.2, 0.25) is 0 Å². The van der Waals surface area contributed by atoms with Gasteiger partial charge in [0.05, 0.1) is 6.04 Å². The van der Waals surface area contributed by atoms with E-state index in [0.717, 1.165) is 17.3 Å². The molecule has 136 valence electrons. The minimum absolute atomic E-state index is 0.231. The van der Waals surface area contributed by atoms with Gasteiger partial charge in [0, 0.05) is 6.20 Å². The molecule has 3 rings (SSSR count). The smallest absolute Gasteiger partial charge is 0.325 e. The monoisotopic (exact) mass is 364 g/mol. The van der Waals surface area contributed by atoms with Crippen LogP contribution in [-0.2, 0) is 9.59 Å². The van der Waals surface area contributed by atoms with E-state index in [-0.39, 0.29) is 5.69 Å². The van der Waals surface area contributed by atoms with Crippen LogP contribution < -0.4 is 21.9 Å². The lowest BCUT2D eigenvalue weighted by Gasteiger charge is -2.19. The zero-order valence-corrected chi connectivity index (χ0v) is 14.1. The Labute approximate surface area is 153 Å². The molecule has 3 aromatic rings. The van der Waals surface area contributed by atoms with E-state index in [9.17, 15) is 19.2 Å². The third-order valence-corrected chi connectivity index (χ3v) is 3.81. The van der Waals surface area contributed by atoms with Gasteiger partial charge in [0.1, 0.15) is 5.69 Å². The van der Waals surface area contributed by atoms with Crippen molar-refractivity contribution in [1.29, 1.82) is 0 Å². The maximum Gasteiger partial charge on any atom is 0.325 e. The van der Waals surface area contributed by atoms with Crippen molar-refractivity contribution >= 4 is 17.5 Å². The molecule has 8 nitrogen and oxygen atoms in total. The van der Waals surface area contributed by atoms with Crippen molar-refractivity contribution in [3.63, 3.8) is 0 Å². The predicted molar refractivity (Wildman–Crippen MR) is 99.2 cm³/mol. The Morgan fingerprint density at radius 2 is 1.37 bits per heavy atom. The summed E-state index contributed by atoms with van der Waals surface area (Å²) < 4.78 is 0. The second kappa shape index (κ2) is 7.96. The zero-order chi connectivity index (χ0) is 19.2. The van der Waals surface area contributed by atoms with Crippen LogP contribution in [-0.4, -0.2) is 21.8 Å². The summed E-state index contributed by atoms with van der Waals surface area (Å²) in [6.45, 7) is 0. The highest BCUT2D eigenvalue weighted by Crippen LogP contribution is 2.21. The van der Waals surface area contributed by atoms with Crippen LogP contribution in [0.3, 0.4) is 0 Å². The van der Waals surface area contributed by atoms with Crippen LogP contribution in [0.5, 0.6) is 0 Å². The maximum absolute atomic E-state index is 12.4. The first-order chi connectivity index (χ1) is 13.0. The molecule has 0 bridgehead atoms. The van der Waals surface area contributed by atoms with Crippen LogP contribution in [0, 0.1) is 0 Å². The molecule has 0 spiro atoms. The first kappa shape index (κ1) is 17.9. The van der Waals surface area contributed by atoms with E-state index in [1.54, 1.807) is 0 Å². The van der Waals surface area contributed by atoms with Crippen molar-refractivity contribution in [2.75, 3.05) is 5.32 Å². The number of rotatable bonds is 4. The molecule has 0 saturated heterocycles. The number of carbonyl (C=O) groups is 2. The Hall–Kier alpha value is -3.94. The first-order valence-electron chi connectivity index (χ1n) is 8.08. The lowest BCUT2D eigenvalue weighted by atomic mass is 9.99. The van der Waals surface area contributed by atoms with E-state index in [1.807, 2.05) is 65.6 Å². The highest BCUT2D eigenvalue weighted by atomic mass is 16.2. The Morgan fingerprint density at radius 3 is 1.89 bits per heavy atom. The molecule has 0 aliphatic heterocycles.